The van der Waals surface area contributed by atoms with E-state index in [2.05, 4.69) is 21.3 Å². The number of aliphatic hydroxyl groups excluding tert-OH is 1. The van der Waals surface area contributed by atoms with E-state index >= 15 is 0 Å². The Balaban J connectivity index is 1.63. The molecule has 27 heavy (non-hydrogen) atoms. The summed E-state index contributed by atoms with van der Waals surface area (Å²) < 4.78 is 7.51. The van der Waals surface area contributed by atoms with Crippen LogP contribution < -0.4 is 16.4 Å². The zero-order valence-electron chi connectivity index (χ0n) is 15.9. The van der Waals surface area contributed by atoms with Gasteiger partial charge in [0, 0.05) is 41.3 Å². The zero-order valence-corrected chi connectivity index (χ0v) is 15.9. The van der Waals surface area contributed by atoms with Crippen molar-refractivity contribution in [2.75, 3.05) is 12.3 Å². The number of carbonyl (C=O) groups is 1. The monoisotopic (exact) mass is 372 g/mol. The van der Waals surface area contributed by atoms with Crippen LogP contribution in [0.4, 0.5) is 10.5 Å². The predicted molar refractivity (Wildman–Crippen MR) is 105 cm³/mol. The Morgan fingerprint density at radius 2 is 2.26 bits per heavy atom. The lowest BCUT2D eigenvalue weighted by molar-refractivity contribution is 0.112. The van der Waals surface area contributed by atoms with Gasteiger partial charge in [0.1, 0.15) is 0 Å². The topological polar surface area (TPSA) is 102 Å². The van der Waals surface area contributed by atoms with Crippen molar-refractivity contribution in [1.82, 2.24) is 15.2 Å². The van der Waals surface area contributed by atoms with Crippen molar-refractivity contribution in [2.24, 2.45) is 0 Å². The number of nitrogens with two attached hydrogens (primary N) is 1. The number of hydrogen-bond acceptors (Lipinski definition) is 5. The number of nitrogen functional groups attached to an aromatic ring is 1. The number of anilines is 1. The third kappa shape index (κ3) is 3.49. The lowest BCUT2D eigenvalue weighted by Crippen LogP contribution is -2.38. The van der Waals surface area contributed by atoms with E-state index < -0.39 is 0 Å². The first-order chi connectivity index (χ1) is 12.9. The summed E-state index contributed by atoms with van der Waals surface area (Å²) in [5, 5.41) is 17.7. The van der Waals surface area contributed by atoms with Gasteiger partial charge in [-0.15, -0.1) is 0 Å². The second-order valence-electron chi connectivity index (χ2n) is 7.93. The van der Waals surface area contributed by atoms with Crippen LogP contribution in [0, 0.1) is 0 Å². The number of amides is 1. The Kier molecular flexibility index (Phi) is 4.74. The first-order valence-electron chi connectivity index (χ1n) is 9.70. The molecule has 0 saturated carbocycles. The van der Waals surface area contributed by atoms with Gasteiger partial charge < -0.3 is 30.8 Å². The van der Waals surface area contributed by atoms with Crippen LogP contribution >= 0.6 is 0 Å². The normalized spacial score (nSPS) is 24.5. The highest BCUT2D eigenvalue weighted by Crippen LogP contribution is 2.35. The molecule has 0 radical (unpaired) electrons. The molecular weight excluding hydrogens is 344 g/mol. The lowest BCUT2D eigenvalue weighted by Gasteiger charge is -2.20. The molecule has 0 unspecified atom stereocenters. The van der Waals surface area contributed by atoms with Crippen molar-refractivity contribution >= 4 is 22.7 Å². The molecule has 1 saturated heterocycles. The Hall–Kier alpha value is -2.25. The van der Waals surface area contributed by atoms with Crippen molar-refractivity contribution in [2.45, 2.75) is 63.9 Å². The minimum absolute atomic E-state index is 0.0137. The molecule has 5 N–H and O–H groups in total. The SMILES string of the molecule is CC(C)OC(=O)N[C@H]1Cc2c(n(C[C@H]3NCC[C@@H]3O)c3ccc(N)cc23)C1. The molecule has 3 atom stereocenters. The molecule has 1 aliphatic carbocycles. The van der Waals surface area contributed by atoms with Crippen LogP contribution in [-0.4, -0.2) is 46.6 Å². The summed E-state index contributed by atoms with van der Waals surface area (Å²) in [5.74, 6) is 0. The van der Waals surface area contributed by atoms with E-state index in [1.165, 1.54) is 11.3 Å². The molecule has 1 aromatic carbocycles. The fourth-order valence-corrected chi connectivity index (χ4v) is 4.37. The van der Waals surface area contributed by atoms with Crippen molar-refractivity contribution in [1.29, 1.82) is 0 Å². The fourth-order valence-electron chi connectivity index (χ4n) is 4.37. The molecule has 7 nitrogen and oxygen atoms in total. The van der Waals surface area contributed by atoms with Gasteiger partial charge in [-0.25, -0.2) is 4.79 Å². The summed E-state index contributed by atoms with van der Waals surface area (Å²) in [6.07, 6.45) is 1.45. The van der Waals surface area contributed by atoms with Gasteiger partial charge in [0.05, 0.1) is 18.2 Å². The molecule has 0 bridgehead atoms. The van der Waals surface area contributed by atoms with Gasteiger partial charge in [0.25, 0.3) is 0 Å². The van der Waals surface area contributed by atoms with Crippen LogP contribution in [0.5, 0.6) is 0 Å². The highest BCUT2D eigenvalue weighted by molar-refractivity contribution is 5.89. The molecule has 4 rings (SSSR count). The number of aromatic nitrogens is 1. The number of aliphatic hydroxyl groups is 1. The summed E-state index contributed by atoms with van der Waals surface area (Å²) in [7, 11) is 0. The average Bonchev–Trinajstić information content (AvgIpc) is 3.24. The molecule has 2 aromatic rings. The molecule has 1 aliphatic heterocycles. The summed E-state index contributed by atoms with van der Waals surface area (Å²) in [5.41, 5.74) is 10.4. The third-order valence-electron chi connectivity index (χ3n) is 5.56. The van der Waals surface area contributed by atoms with Gasteiger partial charge in [-0.05, 0) is 57.0 Å². The fraction of sp³-hybridized carbons (Fsp3) is 0.550. The molecule has 0 spiro atoms. The van der Waals surface area contributed by atoms with E-state index in [4.69, 9.17) is 10.5 Å². The van der Waals surface area contributed by atoms with E-state index in [0.717, 1.165) is 42.4 Å². The number of alkyl carbamates (subject to hydrolysis) is 1. The van der Waals surface area contributed by atoms with Crippen molar-refractivity contribution < 1.29 is 14.6 Å². The van der Waals surface area contributed by atoms with Crippen LogP contribution in [0.1, 0.15) is 31.5 Å². The van der Waals surface area contributed by atoms with Gasteiger partial charge in [0.15, 0.2) is 0 Å². The lowest BCUT2D eigenvalue weighted by atomic mass is 10.1. The minimum atomic E-state index is -0.372. The van der Waals surface area contributed by atoms with E-state index in [-0.39, 0.29) is 30.4 Å². The summed E-state index contributed by atoms with van der Waals surface area (Å²) in [4.78, 5) is 12.0. The molecule has 2 heterocycles. The summed E-state index contributed by atoms with van der Waals surface area (Å²) in [6.45, 7) is 5.23. The number of nitrogens with zero attached hydrogens (tertiary/aromatic N) is 1. The Morgan fingerprint density at radius 3 is 2.96 bits per heavy atom. The highest BCUT2D eigenvalue weighted by atomic mass is 16.6. The molecule has 2 aliphatic rings. The first kappa shape index (κ1) is 18.1. The molecule has 1 fully saturated rings. The maximum atomic E-state index is 12.0. The van der Waals surface area contributed by atoms with Crippen LogP contribution in [0.2, 0.25) is 0 Å². The van der Waals surface area contributed by atoms with E-state index in [0.29, 0.717) is 6.54 Å². The second kappa shape index (κ2) is 7.05. The number of hydrogen-bond donors (Lipinski definition) is 4. The number of rotatable bonds is 4. The van der Waals surface area contributed by atoms with Crippen LogP contribution in [-0.2, 0) is 24.1 Å². The Labute approximate surface area is 158 Å². The van der Waals surface area contributed by atoms with Gasteiger partial charge in [-0.3, -0.25) is 0 Å². The molecule has 146 valence electrons. The van der Waals surface area contributed by atoms with Crippen molar-refractivity contribution in [3.63, 3.8) is 0 Å². The van der Waals surface area contributed by atoms with Gasteiger partial charge in [-0.1, -0.05) is 0 Å². The molecule has 7 heteroatoms. The van der Waals surface area contributed by atoms with Crippen LogP contribution in [0.3, 0.4) is 0 Å². The maximum Gasteiger partial charge on any atom is 0.407 e. The number of fused-ring (bicyclic) bond motifs is 3. The summed E-state index contributed by atoms with van der Waals surface area (Å²) in [6, 6.07) is 6.04. The number of carbonyl (C=O) groups excluding carboxylic acids is 1. The Morgan fingerprint density at radius 1 is 1.44 bits per heavy atom. The van der Waals surface area contributed by atoms with Crippen molar-refractivity contribution in [3.8, 4) is 0 Å². The first-order valence-corrected chi connectivity index (χ1v) is 9.70. The van der Waals surface area contributed by atoms with Gasteiger partial charge >= 0.3 is 6.09 Å². The van der Waals surface area contributed by atoms with Crippen LogP contribution in [0.25, 0.3) is 10.9 Å². The predicted octanol–water partition coefficient (Wildman–Crippen LogP) is 1.55. The third-order valence-corrected chi connectivity index (χ3v) is 5.56. The largest absolute Gasteiger partial charge is 0.447 e. The standard InChI is InChI=1S/C20H28N4O3/c1-11(2)27-20(26)23-13-8-15-14-7-12(21)3-4-17(14)24(18(15)9-13)10-16-19(25)5-6-22-16/h3-4,7,11,13,16,19,22,25H,5-6,8-10,21H2,1-2H3,(H,23,26)/t13-,16+,19-/m0/s1. The van der Waals surface area contributed by atoms with Crippen molar-refractivity contribution in [3.05, 3.63) is 29.5 Å². The number of ether oxygens (including phenoxy) is 1. The van der Waals surface area contributed by atoms with E-state index in [9.17, 15) is 9.90 Å². The van der Waals surface area contributed by atoms with Gasteiger partial charge in [0.2, 0.25) is 0 Å². The number of benzene rings is 1. The molecular formula is C20H28N4O3. The van der Waals surface area contributed by atoms with Gasteiger partial charge in [-0.2, -0.15) is 0 Å². The minimum Gasteiger partial charge on any atom is -0.447 e. The smallest absolute Gasteiger partial charge is 0.407 e. The zero-order chi connectivity index (χ0) is 19.1. The van der Waals surface area contributed by atoms with E-state index in [1.54, 1.807) is 0 Å². The number of nitrogens with one attached hydrogen (secondary N) is 2. The molecule has 1 amide bonds. The highest BCUT2D eigenvalue weighted by Gasteiger charge is 2.32. The van der Waals surface area contributed by atoms with Crippen LogP contribution in [0.15, 0.2) is 18.2 Å². The van der Waals surface area contributed by atoms with E-state index in [1.807, 2.05) is 26.0 Å². The summed E-state index contributed by atoms with van der Waals surface area (Å²) >= 11 is 0. The second-order valence-corrected chi connectivity index (χ2v) is 7.93. The average molecular weight is 372 g/mol. The Bertz CT molecular complexity index is 861. The molecule has 1 aromatic heterocycles. The quantitative estimate of drug-likeness (QED) is 0.610. The maximum absolute atomic E-state index is 12.0.